The maximum Gasteiger partial charge on any atom is 0.337 e. The van der Waals surface area contributed by atoms with Crippen LogP contribution in [0.4, 0.5) is 20.2 Å². The van der Waals surface area contributed by atoms with Gasteiger partial charge in [0.15, 0.2) is 0 Å². The Morgan fingerprint density at radius 2 is 1.69 bits per heavy atom. The highest BCUT2D eigenvalue weighted by atomic mass is 32.2. The molecular formula is C39H39F2N7O9S. The molecule has 58 heavy (non-hydrogen) atoms. The predicted molar refractivity (Wildman–Crippen MR) is 207 cm³/mol. The molecule has 1 saturated heterocycles. The highest BCUT2D eigenvalue weighted by Gasteiger charge is 2.30. The van der Waals surface area contributed by atoms with Crippen molar-refractivity contribution in [3.8, 4) is 5.82 Å². The van der Waals surface area contributed by atoms with Gasteiger partial charge in [0.05, 0.1) is 46.5 Å². The molecule has 1 atom stereocenters. The Kier molecular flexibility index (Phi) is 11.8. The molecule has 4 heterocycles. The van der Waals surface area contributed by atoms with Crippen LogP contribution in [0.3, 0.4) is 0 Å². The van der Waals surface area contributed by atoms with Gasteiger partial charge >= 0.3 is 11.7 Å². The number of anilines is 2. The van der Waals surface area contributed by atoms with Gasteiger partial charge in [0.25, 0.3) is 21.5 Å². The van der Waals surface area contributed by atoms with Gasteiger partial charge in [-0.1, -0.05) is 26.8 Å². The van der Waals surface area contributed by atoms with Crippen LogP contribution in [0.25, 0.3) is 16.7 Å². The van der Waals surface area contributed by atoms with E-state index in [4.69, 9.17) is 9.47 Å². The molecule has 2 aromatic carbocycles. The number of aryl methyl sites for hydroxylation is 1. The Balaban J connectivity index is 1.21. The fourth-order valence-corrected chi connectivity index (χ4v) is 6.97. The van der Waals surface area contributed by atoms with Gasteiger partial charge in [-0.25, -0.2) is 36.3 Å². The minimum absolute atomic E-state index is 0.0201. The lowest BCUT2D eigenvalue weighted by atomic mass is 9.95. The minimum Gasteiger partial charge on any atom is -0.461 e. The maximum atomic E-state index is 15.5. The summed E-state index contributed by atoms with van der Waals surface area (Å²) in [5.74, 6) is -5.02. The number of hydrogen-bond donors (Lipinski definition) is 3. The Morgan fingerprint density at radius 3 is 2.34 bits per heavy atom. The van der Waals surface area contributed by atoms with E-state index < -0.39 is 73.6 Å². The van der Waals surface area contributed by atoms with E-state index in [1.54, 1.807) is 20.8 Å². The number of nitrogens with zero attached hydrogens (tertiary/aromatic N) is 4. The van der Waals surface area contributed by atoms with Crippen LogP contribution < -0.4 is 26.6 Å². The van der Waals surface area contributed by atoms with E-state index in [0.717, 1.165) is 4.57 Å². The van der Waals surface area contributed by atoms with Gasteiger partial charge in [-0.15, -0.1) is 0 Å². The number of nitrogens with one attached hydrogen (secondary N) is 3. The highest BCUT2D eigenvalue weighted by Crippen LogP contribution is 2.25. The first-order valence-corrected chi connectivity index (χ1v) is 19.4. The summed E-state index contributed by atoms with van der Waals surface area (Å²) in [6.45, 7) is 5.79. The van der Waals surface area contributed by atoms with Crippen LogP contribution in [0.1, 0.15) is 49.5 Å². The van der Waals surface area contributed by atoms with Gasteiger partial charge in [-0.3, -0.25) is 28.7 Å². The first-order chi connectivity index (χ1) is 27.4. The van der Waals surface area contributed by atoms with Crippen molar-refractivity contribution >= 4 is 50.1 Å². The average Bonchev–Trinajstić information content (AvgIpc) is 3.18. The second kappa shape index (κ2) is 16.6. The van der Waals surface area contributed by atoms with E-state index in [-0.39, 0.29) is 28.4 Å². The number of sulfonamides is 1. The number of carbonyl (C=O) groups excluding carboxylic acids is 3. The number of benzene rings is 2. The van der Waals surface area contributed by atoms with Crippen LogP contribution in [-0.2, 0) is 42.6 Å². The van der Waals surface area contributed by atoms with Crippen LogP contribution in [0.2, 0.25) is 0 Å². The Morgan fingerprint density at radius 1 is 0.983 bits per heavy atom. The maximum absolute atomic E-state index is 15.5. The van der Waals surface area contributed by atoms with Crippen LogP contribution in [0.15, 0.2) is 87.7 Å². The zero-order valence-corrected chi connectivity index (χ0v) is 32.6. The number of fused-ring (bicyclic) bond motifs is 1. The number of carbonyl (C=O) groups is 3. The lowest BCUT2D eigenvalue weighted by molar-refractivity contribution is -0.155. The Labute approximate surface area is 330 Å². The summed E-state index contributed by atoms with van der Waals surface area (Å²) in [7, 11) is -2.98. The van der Waals surface area contributed by atoms with Crippen LogP contribution in [-0.4, -0.2) is 70.7 Å². The zero-order chi connectivity index (χ0) is 41.9. The summed E-state index contributed by atoms with van der Waals surface area (Å²) in [5.41, 5.74) is -2.66. The van der Waals surface area contributed by atoms with Crippen molar-refractivity contribution in [3.63, 3.8) is 0 Å². The molecule has 0 bridgehead atoms. The van der Waals surface area contributed by atoms with E-state index in [1.807, 2.05) is 4.72 Å². The number of ether oxygens (including phenoxy) is 2. The van der Waals surface area contributed by atoms with Crippen LogP contribution >= 0.6 is 0 Å². The monoisotopic (exact) mass is 819 g/mol. The van der Waals surface area contributed by atoms with E-state index >= 15 is 8.78 Å². The second-order valence-corrected chi connectivity index (χ2v) is 16.2. The van der Waals surface area contributed by atoms with E-state index in [0.29, 0.717) is 55.0 Å². The van der Waals surface area contributed by atoms with Gasteiger partial charge in [0, 0.05) is 55.9 Å². The SMILES string of the molecule is Cn1c(=O)n(-c2ccc(C[C@H](NC(=O)c3cc(F)c(NS(=O)(=O)c4ccc(NC(=O)C(C)(C)C)cc4)cc3F)C(=O)OC3CCOCC3)cn2)c(=O)c2ccncc21. The molecule has 0 saturated carbocycles. The van der Waals surface area contributed by atoms with Crippen LogP contribution in [0.5, 0.6) is 0 Å². The van der Waals surface area contributed by atoms with Gasteiger partial charge in [0.2, 0.25) is 5.91 Å². The normalized spacial score (nSPS) is 14.1. The third-order valence-electron chi connectivity index (χ3n) is 9.24. The summed E-state index contributed by atoms with van der Waals surface area (Å²) < 4.78 is 72.0. The van der Waals surface area contributed by atoms with Gasteiger partial charge in [-0.2, -0.15) is 0 Å². The van der Waals surface area contributed by atoms with E-state index in [1.165, 1.54) is 72.7 Å². The van der Waals surface area contributed by atoms with Crippen molar-refractivity contribution < 1.29 is 41.1 Å². The number of pyridine rings is 2. The van der Waals surface area contributed by atoms with Crippen molar-refractivity contribution in [2.45, 2.75) is 57.1 Å². The number of hydrogen-bond acceptors (Lipinski definition) is 11. The molecule has 1 fully saturated rings. The van der Waals surface area contributed by atoms with Gasteiger partial charge in [-0.05, 0) is 48.0 Å². The lowest BCUT2D eigenvalue weighted by Gasteiger charge is -2.25. The third kappa shape index (κ3) is 9.10. The molecule has 6 rings (SSSR count). The van der Waals surface area contributed by atoms with Crippen LogP contribution in [0, 0.1) is 17.0 Å². The molecule has 3 N–H and O–H groups in total. The largest absolute Gasteiger partial charge is 0.461 e. The molecule has 1 aliphatic heterocycles. The molecule has 304 valence electrons. The molecule has 0 aliphatic carbocycles. The van der Waals surface area contributed by atoms with Crippen molar-refractivity contribution in [1.29, 1.82) is 0 Å². The molecular weight excluding hydrogens is 781 g/mol. The lowest BCUT2D eigenvalue weighted by Crippen LogP contribution is -2.45. The quantitative estimate of drug-likeness (QED) is 0.164. The fourth-order valence-electron chi connectivity index (χ4n) is 5.91. The van der Waals surface area contributed by atoms with Crippen molar-refractivity contribution in [2.75, 3.05) is 23.3 Å². The molecule has 19 heteroatoms. The summed E-state index contributed by atoms with van der Waals surface area (Å²) in [6.07, 6.45) is 4.09. The molecule has 1 aliphatic rings. The third-order valence-corrected chi connectivity index (χ3v) is 10.6. The van der Waals surface area contributed by atoms with Crippen molar-refractivity contribution in [3.05, 3.63) is 117 Å². The number of esters is 1. The summed E-state index contributed by atoms with van der Waals surface area (Å²) in [5, 5.41) is 5.27. The highest BCUT2D eigenvalue weighted by molar-refractivity contribution is 7.92. The number of halogens is 2. The molecule has 2 amide bonds. The molecule has 0 radical (unpaired) electrons. The Hall–Kier alpha value is -6.34. The summed E-state index contributed by atoms with van der Waals surface area (Å²) in [6, 6.07) is 8.86. The van der Waals surface area contributed by atoms with Crippen molar-refractivity contribution in [2.24, 2.45) is 12.5 Å². The first-order valence-electron chi connectivity index (χ1n) is 18.0. The van der Waals surface area contributed by atoms with E-state index in [9.17, 15) is 32.4 Å². The van der Waals surface area contributed by atoms with E-state index in [2.05, 4.69) is 20.6 Å². The summed E-state index contributed by atoms with van der Waals surface area (Å²) >= 11 is 0. The zero-order valence-electron chi connectivity index (χ0n) is 31.7. The van der Waals surface area contributed by atoms with Crippen molar-refractivity contribution in [1.82, 2.24) is 24.4 Å². The molecule has 16 nitrogen and oxygen atoms in total. The number of amides is 2. The molecule has 5 aromatic rings. The predicted octanol–water partition coefficient (Wildman–Crippen LogP) is 3.61. The summed E-state index contributed by atoms with van der Waals surface area (Å²) in [4.78, 5) is 73.5. The number of aromatic nitrogens is 4. The first kappa shape index (κ1) is 41.3. The number of rotatable bonds is 11. The fraction of sp³-hybridized carbons (Fsp3) is 0.308. The smallest absolute Gasteiger partial charge is 0.337 e. The average molecular weight is 820 g/mol. The van der Waals surface area contributed by atoms with Gasteiger partial charge < -0.3 is 20.1 Å². The molecule has 0 unspecified atom stereocenters. The topological polar surface area (TPSA) is 210 Å². The second-order valence-electron chi connectivity index (χ2n) is 14.5. The Bertz CT molecular complexity index is 2620. The standard InChI is InChI=1S/C39H39F2N7O9S/c1-39(2,3)37(52)44-23-6-8-25(9-7-23)58(54,55)46-30-19-28(40)27(18-29(30)41)34(49)45-31(36(51)57-24-12-15-56-16-13-24)17-22-5-10-33(43-20-22)48-35(50)26-11-14-42-21-32(26)47(4)38(48)53/h5-11,14,18-21,24,31,46H,12-13,15-17H2,1-4H3,(H,44,52)(H,45,49)/t31-/m0/s1. The minimum atomic E-state index is -4.46. The molecule has 0 spiro atoms. The van der Waals surface area contributed by atoms with Gasteiger partial charge in [0.1, 0.15) is 29.6 Å². The molecule has 3 aromatic heterocycles.